The Morgan fingerprint density at radius 2 is 2.00 bits per heavy atom. The van der Waals surface area contributed by atoms with Crippen LogP contribution in [0.3, 0.4) is 0 Å². The Labute approximate surface area is 115 Å². The van der Waals surface area contributed by atoms with E-state index >= 15 is 0 Å². The molecule has 7 heteroatoms. The zero-order valence-corrected chi connectivity index (χ0v) is 10.7. The SMILES string of the molecule is c1cn(C2CC(Nc3ccc4nccnc4n3)C2)nn1. The van der Waals surface area contributed by atoms with Crippen LogP contribution in [0.1, 0.15) is 18.9 Å². The summed E-state index contributed by atoms with van der Waals surface area (Å²) in [6, 6.07) is 4.74. The van der Waals surface area contributed by atoms with Crippen LogP contribution < -0.4 is 5.32 Å². The molecule has 0 radical (unpaired) electrons. The predicted molar refractivity (Wildman–Crippen MR) is 73.0 cm³/mol. The second kappa shape index (κ2) is 4.52. The molecule has 0 spiro atoms. The number of nitrogens with one attached hydrogen (secondary N) is 1. The van der Waals surface area contributed by atoms with Gasteiger partial charge in [-0.25, -0.2) is 14.6 Å². The third-order valence-electron chi connectivity index (χ3n) is 3.61. The molecule has 4 rings (SSSR count). The molecule has 100 valence electrons. The maximum absolute atomic E-state index is 4.47. The fourth-order valence-corrected chi connectivity index (χ4v) is 2.48. The molecule has 1 aliphatic carbocycles. The molecule has 0 bridgehead atoms. The Balaban J connectivity index is 1.44. The molecule has 0 saturated heterocycles. The lowest BCUT2D eigenvalue weighted by molar-refractivity contribution is 0.257. The first-order valence-electron chi connectivity index (χ1n) is 6.58. The van der Waals surface area contributed by atoms with E-state index in [-0.39, 0.29) is 0 Å². The zero-order valence-electron chi connectivity index (χ0n) is 10.7. The zero-order chi connectivity index (χ0) is 13.4. The van der Waals surface area contributed by atoms with E-state index in [0.29, 0.717) is 17.7 Å². The van der Waals surface area contributed by atoms with Gasteiger partial charge in [0, 0.05) is 24.6 Å². The molecule has 3 aromatic heterocycles. The van der Waals surface area contributed by atoms with Crippen molar-refractivity contribution in [2.45, 2.75) is 24.9 Å². The van der Waals surface area contributed by atoms with Crippen LogP contribution in [0, 0.1) is 0 Å². The van der Waals surface area contributed by atoms with Gasteiger partial charge in [0.05, 0.1) is 12.2 Å². The third kappa shape index (κ3) is 1.97. The summed E-state index contributed by atoms with van der Waals surface area (Å²) in [6.45, 7) is 0. The molecule has 7 nitrogen and oxygen atoms in total. The molecule has 0 amide bonds. The smallest absolute Gasteiger partial charge is 0.180 e. The molecule has 1 N–H and O–H groups in total. The maximum atomic E-state index is 4.47. The van der Waals surface area contributed by atoms with Crippen molar-refractivity contribution in [2.24, 2.45) is 0 Å². The van der Waals surface area contributed by atoms with Crippen LogP contribution in [-0.2, 0) is 0 Å². The molecule has 1 fully saturated rings. The number of fused-ring (bicyclic) bond motifs is 1. The number of hydrogen-bond acceptors (Lipinski definition) is 6. The Bertz CT molecular complexity index is 718. The van der Waals surface area contributed by atoms with Gasteiger partial charge in [-0.15, -0.1) is 5.10 Å². The molecule has 0 atom stereocenters. The molecule has 0 aromatic carbocycles. The standard InChI is InChI=1S/C13H13N7/c1-2-12(18-13-11(1)14-3-4-15-13)17-9-7-10(8-9)20-6-5-16-19-20/h1-6,9-10H,7-8H2,(H,15,17,18). The highest BCUT2D eigenvalue weighted by Crippen LogP contribution is 2.33. The van der Waals surface area contributed by atoms with E-state index in [0.717, 1.165) is 24.2 Å². The number of nitrogens with zero attached hydrogens (tertiary/aromatic N) is 6. The van der Waals surface area contributed by atoms with Crippen LogP contribution in [0.15, 0.2) is 36.9 Å². The Morgan fingerprint density at radius 3 is 2.85 bits per heavy atom. The average molecular weight is 267 g/mol. The third-order valence-corrected chi connectivity index (χ3v) is 3.61. The van der Waals surface area contributed by atoms with Gasteiger partial charge in [-0.1, -0.05) is 5.21 Å². The quantitative estimate of drug-likeness (QED) is 0.773. The van der Waals surface area contributed by atoms with Crippen molar-refractivity contribution < 1.29 is 0 Å². The minimum absolute atomic E-state index is 0.422. The highest BCUT2D eigenvalue weighted by molar-refractivity contribution is 5.71. The lowest BCUT2D eigenvalue weighted by Crippen LogP contribution is -2.37. The molecule has 0 aliphatic heterocycles. The number of aromatic nitrogens is 6. The van der Waals surface area contributed by atoms with Gasteiger partial charge in [-0.3, -0.25) is 4.98 Å². The highest BCUT2D eigenvalue weighted by atomic mass is 15.4. The Hall–Kier alpha value is -2.57. The van der Waals surface area contributed by atoms with Crippen LogP contribution in [0.5, 0.6) is 0 Å². The van der Waals surface area contributed by atoms with Crippen LogP contribution >= 0.6 is 0 Å². The normalized spacial score (nSPS) is 21.6. The number of hydrogen-bond donors (Lipinski definition) is 1. The minimum Gasteiger partial charge on any atom is -0.367 e. The van der Waals surface area contributed by atoms with Crippen LogP contribution in [0.4, 0.5) is 5.82 Å². The number of anilines is 1. The Morgan fingerprint density at radius 1 is 1.10 bits per heavy atom. The van der Waals surface area contributed by atoms with Gasteiger partial charge in [-0.2, -0.15) is 0 Å². The van der Waals surface area contributed by atoms with Gasteiger partial charge >= 0.3 is 0 Å². The van der Waals surface area contributed by atoms with Gasteiger partial charge < -0.3 is 5.32 Å². The van der Waals surface area contributed by atoms with Crippen LogP contribution in [0.25, 0.3) is 11.2 Å². The summed E-state index contributed by atoms with van der Waals surface area (Å²) < 4.78 is 1.91. The van der Waals surface area contributed by atoms with Crippen molar-refractivity contribution in [3.05, 3.63) is 36.9 Å². The minimum atomic E-state index is 0.422. The molecular weight excluding hydrogens is 254 g/mol. The summed E-state index contributed by atoms with van der Waals surface area (Å²) in [7, 11) is 0. The van der Waals surface area contributed by atoms with E-state index in [9.17, 15) is 0 Å². The van der Waals surface area contributed by atoms with Gasteiger partial charge in [0.15, 0.2) is 5.65 Å². The fourth-order valence-electron chi connectivity index (χ4n) is 2.48. The predicted octanol–water partition coefficient (Wildman–Crippen LogP) is 1.43. The second-order valence-corrected chi connectivity index (χ2v) is 4.95. The van der Waals surface area contributed by atoms with Crippen LogP contribution in [0.2, 0.25) is 0 Å². The van der Waals surface area contributed by atoms with E-state index in [1.165, 1.54) is 0 Å². The van der Waals surface area contributed by atoms with E-state index in [2.05, 4.69) is 30.6 Å². The van der Waals surface area contributed by atoms with Gasteiger partial charge in [-0.05, 0) is 25.0 Å². The first kappa shape index (κ1) is 11.3. The van der Waals surface area contributed by atoms with E-state index in [1.54, 1.807) is 18.6 Å². The van der Waals surface area contributed by atoms with Gasteiger partial charge in [0.2, 0.25) is 0 Å². The summed E-state index contributed by atoms with van der Waals surface area (Å²) in [5.74, 6) is 0.847. The molecule has 0 unspecified atom stereocenters. The summed E-state index contributed by atoms with van der Waals surface area (Å²) in [4.78, 5) is 12.9. The lowest BCUT2D eigenvalue weighted by atomic mass is 9.87. The van der Waals surface area contributed by atoms with Crippen molar-refractivity contribution in [1.29, 1.82) is 0 Å². The topological polar surface area (TPSA) is 81.4 Å². The summed E-state index contributed by atoms with van der Waals surface area (Å²) in [5.41, 5.74) is 1.48. The Kier molecular flexibility index (Phi) is 2.55. The highest BCUT2D eigenvalue weighted by Gasteiger charge is 2.31. The molecular formula is C13H13N7. The number of rotatable bonds is 3. The maximum Gasteiger partial charge on any atom is 0.180 e. The largest absolute Gasteiger partial charge is 0.367 e. The van der Waals surface area contributed by atoms with Crippen molar-refractivity contribution in [3.8, 4) is 0 Å². The van der Waals surface area contributed by atoms with E-state index < -0.39 is 0 Å². The number of pyridine rings is 1. The van der Waals surface area contributed by atoms with Crippen molar-refractivity contribution in [2.75, 3.05) is 5.32 Å². The molecule has 1 aliphatic rings. The van der Waals surface area contributed by atoms with Crippen molar-refractivity contribution >= 4 is 17.0 Å². The summed E-state index contributed by atoms with van der Waals surface area (Å²) in [5, 5.41) is 11.3. The van der Waals surface area contributed by atoms with Crippen molar-refractivity contribution in [3.63, 3.8) is 0 Å². The molecule has 3 heterocycles. The fraction of sp³-hybridized carbons (Fsp3) is 0.308. The second-order valence-electron chi connectivity index (χ2n) is 4.95. The van der Waals surface area contributed by atoms with Gasteiger partial charge in [0.25, 0.3) is 0 Å². The van der Waals surface area contributed by atoms with Crippen molar-refractivity contribution in [1.82, 2.24) is 29.9 Å². The molecule has 20 heavy (non-hydrogen) atoms. The molecule has 3 aromatic rings. The molecule has 1 saturated carbocycles. The van der Waals surface area contributed by atoms with E-state index in [4.69, 9.17) is 0 Å². The first-order valence-corrected chi connectivity index (χ1v) is 6.58. The summed E-state index contributed by atoms with van der Waals surface area (Å²) in [6.07, 6.45) is 9.01. The van der Waals surface area contributed by atoms with Crippen LogP contribution in [-0.4, -0.2) is 36.0 Å². The van der Waals surface area contributed by atoms with E-state index in [1.807, 2.05) is 23.0 Å². The first-order chi connectivity index (χ1) is 9.88. The monoisotopic (exact) mass is 267 g/mol. The summed E-state index contributed by atoms with van der Waals surface area (Å²) >= 11 is 0. The average Bonchev–Trinajstić information content (AvgIpc) is 2.96. The van der Waals surface area contributed by atoms with Gasteiger partial charge in [0.1, 0.15) is 11.3 Å². The lowest BCUT2D eigenvalue weighted by Gasteiger charge is -2.35.